The van der Waals surface area contributed by atoms with Gasteiger partial charge in [-0.25, -0.2) is 9.90 Å². The van der Waals surface area contributed by atoms with Crippen molar-refractivity contribution < 1.29 is 19.1 Å². The Morgan fingerprint density at radius 1 is 1.67 bits per heavy atom. The lowest BCUT2D eigenvalue weighted by Gasteiger charge is -2.03. The van der Waals surface area contributed by atoms with Crippen LogP contribution in [0.1, 0.15) is 24.3 Å². The van der Waals surface area contributed by atoms with Crippen LogP contribution in [0.25, 0.3) is 0 Å². The molecule has 1 rings (SSSR count). The number of ether oxygens (including phenoxy) is 1. The SMILES string of the molecule is CC(C)OC(=O)c1coc([O])n1. The van der Waals surface area contributed by atoms with E-state index in [9.17, 15) is 9.90 Å². The highest BCUT2D eigenvalue weighted by molar-refractivity contribution is 5.86. The van der Waals surface area contributed by atoms with Crippen molar-refractivity contribution in [2.45, 2.75) is 20.0 Å². The smallest absolute Gasteiger partial charge is 0.439 e. The van der Waals surface area contributed by atoms with Crippen molar-refractivity contribution in [1.82, 2.24) is 4.98 Å². The fraction of sp³-hybridized carbons (Fsp3) is 0.429. The van der Waals surface area contributed by atoms with Crippen molar-refractivity contribution in [2.24, 2.45) is 0 Å². The highest BCUT2D eigenvalue weighted by atomic mass is 16.5. The van der Waals surface area contributed by atoms with E-state index in [0.29, 0.717) is 0 Å². The summed E-state index contributed by atoms with van der Waals surface area (Å²) < 4.78 is 9.05. The second-order valence-corrected chi connectivity index (χ2v) is 2.45. The summed E-state index contributed by atoms with van der Waals surface area (Å²) in [6.45, 7) is 3.41. The number of rotatable bonds is 2. The molecule has 5 nitrogen and oxygen atoms in total. The Hall–Kier alpha value is -1.52. The van der Waals surface area contributed by atoms with Gasteiger partial charge in [-0.3, -0.25) is 0 Å². The number of carbonyl (C=O) groups excluding carboxylic acids is 1. The Balaban J connectivity index is 2.65. The van der Waals surface area contributed by atoms with Gasteiger partial charge in [0, 0.05) is 0 Å². The molecule has 0 aromatic carbocycles. The molecule has 0 fully saturated rings. The first kappa shape index (κ1) is 8.58. The van der Waals surface area contributed by atoms with Crippen LogP contribution in [-0.4, -0.2) is 17.1 Å². The van der Waals surface area contributed by atoms with Crippen LogP contribution in [0.3, 0.4) is 0 Å². The number of oxazole rings is 1. The van der Waals surface area contributed by atoms with Crippen LogP contribution >= 0.6 is 0 Å². The molecule has 0 atom stereocenters. The predicted molar refractivity (Wildman–Crippen MR) is 37.2 cm³/mol. The minimum Gasteiger partial charge on any atom is -0.458 e. The molecule has 0 spiro atoms. The summed E-state index contributed by atoms with van der Waals surface area (Å²) in [4.78, 5) is 14.3. The van der Waals surface area contributed by atoms with Crippen LogP contribution in [-0.2, 0) is 9.84 Å². The highest BCUT2D eigenvalue weighted by Crippen LogP contribution is 2.09. The van der Waals surface area contributed by atoms with Gasteiger partial charge in [0.1, 0.15) is 6.26 Å². The quantitative estimate of drug-likeness (QED) is 0.628. The van der Waals surface area contributed by atoms with E-state index in [2.05, 4.69) is 9.40 Å². The molecule has 0 bridgehead atoms. The van der Waals surface area contributed by atoms with E-state index in [1.54, 1.807) is 13.8 Å². The van der Waals surface area contributed by atoms with Crippen molar-refractivity contribution in [1.29, 1.82) is 0 Å². The summed E-state index contributed by atoms with van der Waals surface area (Å²) in [5.41, 5.74) is -0.0892. The summed E-state index contributed by atoms with van der Waals surface area (Å²) in [5, 5.41) is 10.4. The summed E-state index contributed by atoms with van der Waals surface area (Å²) in [7, 11) is 0. The number of hydrogen-bond acceptors (Lipinski definition) is 4. The van der Waals surface area contributed by atoms with E-state index < -0.39 is 12.0 Å². The van der Waals surface area contributed by atoms with E-state index in [0.717, 1.165) is 6.26 Å². The van der Waals surface area contributed by atoms with Crippen LogP contribution in [0.5, 0.6) is 6.08 Å². The van der Waals surface area contributed by atoms with Crippen LogP contribution in [0.2, 0.25) is 0 Å². The molecule has 0 N–H and O–H groups in total. The van der Waals surface area contributed by atoms with Gasteiger partial charge in [-0.15, -0.1) is 0 Å². The Morgan fingerprint density at radius 3 is 2.75 bits per heavy atom. The van der Waals surface area contributed by atoms with Crippen LogP contribution < -0.4 is 0 Å². The molecule has 1 radical (unpaired) electrons. The van der Waals surface area contributed by atoms with Crippen LogP contribution in [0.15, 0.2) is 10.7 Å². The third kappa shape index (κ3) is 1.98. The number of nitrogens with zero attached hydrogens (tertiary/aromatic N) is 1. The molecule has 0 amide bonds. The molecule has 5 heteroatoms. The van der Waals surface area contributed by atoms with Gasteiger partial charge in [0.05, 0.1) is 6.10 Å². The zero-order chi connectivity index (χ0) is 9.14. The summed E-state index contributed by atoms with van der Waals surface area (Å²) >= 11 is 0. The van der Waals surface area contributed by atoms with Gasteiger partial charge in [0.25, 0.3) is 0 Å². The molecule has 0 aliphatic heterocycles. The summed E-state index contributed by atoms with van der Waals surface area (Å²) in [6, 6.07) is 0. The fourth-order valence-corrected chi connectivity index (χ4v) is 0.625. The first-order chi connectivity index (χ1) is 5.59. The van der Waals surface area contributed by atoms with Gasteiger partial charge in [0.15, 0.2) is 5.69 Å². The van der Waals surface area contributed by atoms with Crippen LogP contribution in [0.4, 0.5) is 0 Å². The molecule has 12 heavy (non-hydrogen) atoms. The van der Waals surface area contributed by atoms with E-state index in [-0.39, 0.29) is 11.8 Å². The molecular weight excluding hydrogens is 162 g/mol. The van der Waals surface area contributed by atoms with Crippen molar-refractivity contribution in [3.63, 3.8) is 0 Å². The molecule has 0 unspecified atom stereocenters. The summed E-state index contributed by atoms with van der Waals surface area (Å²) in [5.74, 6) is -0.643. The molecule has 1 heterocycles. The average Bonchev–Trinajstić information content (AvgIpc) is 2.34. The maximum Gasteiger partial charge on any atom is 0.439 e. The zero-order valence-corrected chi connectivity index (χ0v) is 6.73. The largest absolute Gasteiger partial charge is 0.458 e. The molecule has 65 valence electrons. The Labute approximate surface area is 69.0 Å². The van der Waals surface area contributed by atoms with Gasteiger partial charge in [-0.05, 0) is 13.8 Å². The predicted octanol–water partition coefficient (Wildman–Crippen LogP) is 1.38. The molecule has 0 saturated carbocycles. The minimum atomic E-state index is -0.786. The first-order valence-corrected chi connectivity index (χ1v) is 3.43. The Bertz CT molecular complexity index is 279. The van der Waals surface area contributed by atoms with E-state index in [4.69, 9.17) is 4.74 Å². The average molecular weight is 170 g/mol. The lowest BCUT2D eigenvalue weighted by molar-refractivity contribution is 0.0370. The highest BCUT2D eigenvalue weighted by Gasteiger charge is 2.14. The standard InChI is InChI=1S/C7H8NO4/c1-4(2)12-6(9)5-3-11-7(10)8-5/h3-4H,1-2H3. The number of esters is 1. The Kier molecular flexibility index (Phi) is 2.32. The second kappa shape index (κ2) is 3.25. The van der Waals surface area contributed by atoms with E-state index in [1.165, 1.54) is 0 Å². The number of hydrogen-bond donors (Lipinski definition) is 0. The molecule has 1 aromatic heterocycles. The topological polar surface area (TPSA) is 72.2 Å². The normalized spacial score (nSPS) is 10.2. The molecule has 1 aromatic rings. The molecule has 0 aliphatic rings. The third-order valence-corrected chi connectivity index (χ3v) is 1.03. The number of carbonyl (C=O) groups is 1. The van der Waals surface area contributed by atoms with Crippen molar-refractivity contribution >= 4 is 5.97 Å². The maximum absolute atomic E-state index is 11.0. The first-order valence-electron chi connectivity index (χ1n) is 3.43. The van der Waals surface area contributed by atoms with Gasteiger partial charge in [-0.1, -0.05) is 0 Å². The minimum absolute atomic E-state index is 0.0892. The van der Waals surface area contributed by atoms with Crippen molar-refractivity contribution in [3.8, 4) is 6.08 Å². The Morgan fingerprint density at radius 2 is 2.33 bits per heavy atom. The summed E-state index contributed by atoms with van der Waals surface area (Å²) in [6.07, 6.45) is -0.0393. The van der Waals surface area contributed by atoms with Gasteiger partial charge < -0.3 is 9.15 Å². The lowest BCUT2D eigenvalue weighted by Crippen LogP contribution is -2.11. The fourth-order valence-electron chi connectivity index (χ4n) is 0.625. The number of aromatic nitrogens is 1. The van der Waals surface area contributed by atoms with Crippen molar-refractivity contribution in [2.75, 3.05) is 0 Å². The zero-order valence-electron chi connectivity index (χ0n) is 6.73. The van der Waals surface area contributed by atoms with Crippen LogP contribution in [0, 0.1) is 0 Å². The molecule has 0 aliphatic carbocycles. The van der Waals surface area contributed by atoms with E-state index in [1.807, 2.05) is 0 Å². The molecule has 0 saturated heterocycles. The van der Waals surface area contributed by atoms with E-state index >= 15 is 0 Å². The maximum atomic E-state index is 11.0. The third-order valence-electron chi connectivity index (χ3n) is 1.03. The van der Waals surface area contributed by atoms with Gasteiger partial charge >= 0.3 is 12.0 Å². The van der Waals surface area contributed by atoms with Gasteiger partial charge in [0.2, 0.25) is 0 Å². The van der Waals surface area contributed by atoms with Crippen molar-refractivity contribution in [3.05, 3.63) is 12.0 Å². The molecular formula is C7H8NO4. The van der Waals surface area contributed by atoms with Gasteiger partial charge in [-0.2, -0.15) is 4.98 Å². The lowest BCUT2D eigenvalue weighted by atomic mass is 10.4. The monoisotopic (exact) mass is 170 g/mol. The second-order valence-electron chi connectivity index (χ2n) is 2.45.